The SMILES string of the molecule is Oc1ccccc1-c1cccnc1. The van der Waals surface area contributed by atoms with Gasteiger partial charge in [0.15, 0.2) is 0 Å². The zero-order valence-electron chi connectivity index (χ0n) is 7.01. The summed E-state index contributed by atoms with van der Waals surface area (Å²) < 4.78 is 0. The second-order valence-electron chi connectivity index (χ2n) is 2.76. The first-order valence-electron chi connectivity index (χ1n) is 4.06. The van der Waals surface area contributed by atoms with Crippen LogP contribution in [0.25, 0.3) is 11.1 Å². The number of hydrogen-bond acceptors (Lipinski definition) is 2. The van der Waals surface area contributed by atoms with Crippen molar-refractivity contribution in [2.45, 2.75) is 0 Å². The van der Waals surface area contributed by atoms with E-state index in [2.05, 4.69) is 4.98 Å². The van der Waals surface area contributed by atoms with Gasteiger partial charge in [0.2, 0.25) is 0 Å². The van der Waals surface area contributed by atoms with Gasteiger partial charge in [0.05, 0.1) is 0 Å². The molecule has 0 atom stereocenters. The van der Waals surface area contributed by atoms with Crippen LogP contribution in [0.1, 0.15) is 0 Å². The molecule has 13 heavy (non-hydrogen) atoms. The molecule has 0 fully saturated rings. The summed E-state index contributed by atoms with van der Waals surface area (Å²) in [6.07, 6.45) is 3.44. The Balaban J connectivity index is 2.54. The molecule has 1 N–H and O–H groups in total. The lowest BCUT2D eigenvalue weighted by molar-refractivity contribution is 0.477. The molecule has 1 aromatic carbocycles. The van der Waals surface area contributed by atoms with Crippen molar-refractivity contribution in [2.24, 2.45) is 0 Å². The van der Waals surface area contributed by atoms with Gasteiger partial charge in [-0.05, 0) is 12.1 Å². The summed E-state index contributed by atoms with van der Waals surface area (Å²) >= 11 is 0. The van der Waals surface area contributed by atoms with Crippen LogP contribution in [0.5, 0.6) is 5.75 Å². The van der Waals surface area contributed by atoms with Crippen molar-refractivity contribution in [1.82, 2.24) is 4.98 Å². The molecule has 0 bridgehead atoms. The number of phenolic OH excluding ortho intramolecular Hbond substituents is 1. The third-order valence-corrected chi connectivity index (χ3v) is 1.88. The van der Waals surface area contributed by atoms with Crippen LogP contribution in [0, 0.1) is 0 Å². The highest BCUT2D eigenvalue weighted by atomic mass is 16.3. The highest BCUT2D eigenvalue weighted by Gasteiger charge is 2.00. The third-order valence-electron chi connectivity index (χ3n) is 1.88. The molecule has 0 aliphatic rings. The molecule has 1 aromatic heterocycles. The summed E-state index contributed by atoms with van der Waals surface area (Å²) in [4.78, 5) is 3.99. The number of pyridine rings is 1. The van der Waals surface area contributed by atoms with E-state index in [9.17, 15) is 5.11 Å². The minimum absolute atomic E-state index is 0.288. The van der Waals surface area contributed by atoms with Crippen LogP contribution in [0.4, 0.5) is 0 Å². The largest absolute Gasteiger partial charge is 0.507 e. The quantitative estimate of drug-likeness (QED) is 0.714. The maximum atomic E-state index is 9.54. The Morgan fingerprint density at radius 3 is 2.54 bits per heavy atom. The molecule has 64 valence electrons. The third kappa shape index (κ3) is 1.51. The maximum Gasteiger partial charge on any atom is 0.123 e. The molecule has 0 unspecified atom stereocenters. The van der Waals surface area contributed by atoms with Gasteiger partial charge in [-0.1, -0.05) is 24.3 Å². The fraction of sp³-hybridized carbons (Fsp3) is 0. The van der Waals surface area contributed by atoms with Gasteiger partial charge in [-0.15, -0.1) is 0 Å². The standard InChI is InChI=1S/C11H9NO/c13-11-6-2-1-5-10(11)9-4-3-7-12-8-9/h1-8,13H. The topological polar surface area (TPSA) is 33.1 Å². The molecule has 0 spiro atoms. The average molecular weight is 171 g/mol. The number of rotatable bonds is 1. The second-order valence-corrected chi connectivity index (χ2v) is 2.76. The van der Waals surface area contributed by atoms with Gasteiger partial charge in [0.25, 0.3) is 0 Å². The Hall–Kier alpha value is -1.83. The fourth-order valence-corrected chi connectivity index (χ4v) is 1.24. The molecule has 0 amide bonds. The van der Waals surface area contributed by atoms with Gasteiger partial charge >= 0.3 is 0 Å². The van der Waals surface area contributed by atoms with E-state index in [-0.39, 0.29) is 5.75 Å². The summed E-state index contributed by atoms with van der Waals surface area (Å²) in [6, 6.07) is 11.0. The molecular weight excluding hydrogens is 162 g/mol. The highest BCUT2D eigenvalue weighted by molar-refractivity contribution is 5.68. The molecule has 2 rings (SSSR count). The average Bonchev–Trinajstić information content (AvgIpc) is 2.20. The minimum Gasteiger partial charge on any atom is -0.507 e. The van der Waals surface area contributed by atoms with Crippen molar-refractivity contribution in [1.29, 1.82) is 0 Å². The van der Waals surface area contributed by atoms with E-state index in [0.717, 1.165) is 11.1 Å². The molecule has 0 aliphatic carbocycles. The lowest BCUT2D eigenvalue weighted by Crippen LogP contribution is -1.79. The van der Waals surface area contributed by atoms with E-state index in [1.807, 2.05) is 24.3 Å². The molecule has 0 saturated heterocycles. The van der Waals surface area contributed by atoms with Gasteiger partial charge in [-0.25, -0.2) is 0 Å². The van der Waals surface area contributed by atoms with Crippen molar-refractivity contribution in [3.63, 3.8) is 0 Å². The van der Waals surface area contributed by atoms with E-state index in [4.69, 9.17) is 0 Å². The van der Waals surface area contributed by atoms with Crippen LogP contribution in [-0.2, 0) is 0 Å². The monoisotopic (exact) mass is 171 g/mol. The van der Waals surface area contributed by atoms with E-state index >= 15 is 0 Å². The first-order valence-corrected chi connectivity index (χ1v) is 4.06. The van der Waals surface area contributed by atoms with Crippen molar-refractivity contribution >= 4 is 0 Å². The maximum absolute atomic E-state index is 9.54. The van der Waals surface area contributed by atoms with Gasteiger partial charge in [0, 0.05) is 23.5 Å². The Morgan fingerprint density at radius 2 is 1.85 bits per heavy atom. The van der Waals surface area contributed by atoms with Crippen molar-refractivity contribution in [3.8, 4) is 16.9 Å². The van der Waals surface area contributed by atoms with Crippen LogP contribution in [0.15, 0.2) is 48.8 Å². The zero-order valence-corrected chi connectivity index (χ0v) is 7.01. The van der Waals surface area contributed by atoms with Gasteiger partial charge in [-0.3, -0.25) is 4.98 Å². The number of phenols is 1. The number of aromatic hydroxyl groups is 1. The predicted molar refractivity (Wildman–Crippen MR) is 51.3 cm³/mol. The number of nitrogens with zero attached hydrogens (tertiary/aromatic N) is 1. The summed E-state index contributed by atoms with van der Waals surface area (Å²) in [5, 5.41) is 9.54. The minimum atomic E-state index is 0.288. The zero-order chi connectivity index (χ0) is 9.10. The van der Waals surface area contributed by atoms with Crippen molar-refractivity contribution < 1.29 is 5.11 Å². The Morgan fingerprint density at radius 1 is 1.00 bits per heavy atom. The molecule has 0 radical (unpaired) electrons. The van der Waals surface area contributed by atoms with Crippen LogP contribution in [0.2, 0.25) is 0 Å². The Labute approximate surface area is 76.5 Å². The predicted octanol–water partition coefficient (Wildman–Crippen LogP) is 2.45. The number of aromatic nitrogens is 1. The number of hydrogen-bond donors (Lipinski definition) is 1. The van der Waals surface area contributed by atoms with E-state index in [0.29, 0.717) is 0 Å². The van der Waals surface area contributed by atoms with E-state index < -0.39 is 0 Å². The molecule has 0 saturated carbocycles. The lowest BCUT2D eigenvalue weighted by Gasteiger charge is -2.02. The highest BCUT2D eigenvalue weighted by Crippen LogP contribution is 2.27. The Bertz CT molecular complexity index is 398. The first kappa shape index (κ1) is 7.80. The smallest absolute Gasteiger partial charge is 0.123 e. The lowest BCUT2D eigenvalue weighted by atomic mass is 10.1. The molecule has 2 nitrogen and oxygen atoms in total. The van der Waals surface area contributed by atoms with Crippen LogP contribution >= 0.6 is 0 Å². The molecule has 2 heteroatoms. The van der Waals surface area contributed by atoms with Crippen molar-refractivity contribution in [3.05, 3.63) is 48.8 Å². The molecule has 2 aromatic rings. The molecule has 1 heterocycles. The van der Waals surface area contributed by atoms with Gasteiger partial charge in [-0.2, -0.15) is 0 Å². The summed E-state index contributed by atoms with van der Waals surface area (Å²) in [5.74, 6) is 0.288. The van der Waals surface area contributed by atoms with Crippen molar-refractivity contribution in [2.75, 3.05) is 0 Å². The van der Waals surface area contributed by atoms with Crippen LogP contribution < -0.4 is 0 Å². The van der Waals surface area contributed by atoms with E-state index in [1.54, 1.807) is 24.5 Å². The summed E-state index contributed by atoms with van der Waals surface area (Å²) in [7, 11) is 0. The van der Waals surface area contributed by atoms with Crippen LogP contribution in [0.3, 0.4) is 0 Å². The second kappa shape index (κ2) is 3.27. The summed E-state index contributed by atoms with van der Waals surface area (Å²) in [5.41, 5.74) is 1.75. The Kier molecular flexibility index (Phi) is 1.96. The normalized spacial score (nSPS) is 9.85. The fourth-order valence-electron chi connectivity index (χ4n) is 1.24. The van der Waals surface area contributed by atoms with Gasteiger partial charge in [0.1, 0.15) is 5.75 Å². The van der Waals surface area contributed by atoms with Crippen LogP contribution in [-0.4, -0.2) is 10.1 Å². The first-order chi connectivity index (χ1) is 6.38. The molecule has 0 aliphatic heterocycles. The van der Waals surface area contributed by atoms with Gasteiger partial charge < -0.3 is 5.11 Å². The summed E-state index contributed by atoms with van der Waals surface area (Å²) in [6.45, 7) is 0. The molecular formula is C11H9NO. The number of benzene rings is 1. The van der Waals surface area contributed by atoms with E-state index in [1.165, 1.54) is 0 Å². The number of para-hydroxylation sites is 1.